The highest BCUT2D eigenvalue weighted by atomic mass is 16.2. The molecule has 0 N–H and O–H groups in total. The maximum atomic E-state index is 12.9. The lowest BCUT2D eigenvalue weighted by Crippen LogP contribution is -2.57. The maximum Gasteiger partial charge on any atom is 0.254 e. The average molecular weight is 336 g/mol. The Hall–Kier alpha value is -2.62. The average Bonchev–Trinajstić information content (AvgIpc) is 2.56. The topological polar surface area (TPSA) is 40.6 Å². The van der Waals surface area contributed by atoms with Gasteiger partial charge >= 0.3 is 0 Å². The number of hydrogen-bond donors (Lipinski definition) is 0. The van der Waals surface area contributed by atoms with Crippen LogP contribution in [0.2, 0.25) is 0 Å². The van der Waals surface area contributed by atoms with Crippen LogP contribution in [0.3, 0.4) is 0 Å². The fraction of sp³-hybridized carbons (Fsp3) is 0.333. The highest BCUT2D eigenvalue weighted by Gasteiger charge is 2.34. The molecular weight excluding hydrogens is 312 g/mol. The minimum atomic E-state index is -0.0721. The Kier molecular flexibility index (Phi) is 4.62. The molecule has 4 heteroatoms. The molecule has 0 radical (unpaired) electrons. The van der Waals surface area contributed by atoms with Crippen LogP contribution in [0.5, 0.6) is 0 Å². The van der Waals surface area contributed by atoms with Crippen molar-refractivity contribution < 1.29 is 9.59 Å². The highest BCUT2D eigenvalue weighted by molar-refractivity contribution is 6.02. The first-order chi connectivity index (χ1) is 11.9. The summed E-state index contributed by atoms with van der Waals surface area (Å²) in [6.45, 7) is 8.59. The van der Waals surface area contributed by atoms with Crippen molar-refractivity contribution in [2.75, 3.05) is 18.0 Å². The minimum absolute atomic E-state index is 0.0365. The molecule has 1 fully saturated rings. The van der Waals surface area contributed by atoms with Crippen LogP contribution in [-0.2, 0) is 4.79 Å². The third-order valence-corrected chi connectivity index (χ3v) is 4.72. The van der Waals surface area contributed by atoms with Crippen molar-refractivity contribution in [1.82, 2.24) is 4.90 Å². The van der Waals surface area contributed by atoms with Crippen LogP contribution < -0.4 is 4.90 Å². The summed E-state index contributed by atoms with van der Waals surface area (Å²) in [7, 11) is 0. The Bertz CT molecular complexity index is 808. The van der Waals surface area contributed by atoms with Gasteiger partial charge in [-0.15, -0.1) is 0 Å². The standard InChI is InChI=1S/C21H24N2O2/c1-14-9-15(2)11-18(10-14)21(25)22-13-20(24)23(12-17(22)4)19-8-6-5-7-16(19)3/h5-11,17H,12-13H2,1-4H3/t17-/m0/s1. The van der Waals surface area contributed by atoms with Gasteiger partial charge in [-0.1, -0.05) is 35.4 Å². The SMILES string of the molecule is Cc1cc(C)cc(C(=O)N2CC(=O)N(c3ccccc3C)C[C@@H]2C)c1. The Morgan fingerprint density at radius 2 is 1.68 bits per heavy atom. The van der Waals surface area contributed by atoms with Gasteiger partial charge in [0.1, 0.15) is 6.54 Å². The second-order valence-corrected chi connectivity index (χ2v) is 6.95. The lowest BCUT2D eigenvalue weighted by atomic mass is 10.0. The van der Waals surface area contributed by atoms with Gasteiger partial charge in [0.25, 0.3) is 5.91 Å². The van der Waals surface area contributed by atoms with E-state index >= 15 is 0 Å². The van der Waals surface area contributed by atoms with E-state index < -0.39 is 0 Å². The molecule has 130 valence electrons. The van der Waals surface area contributed by atoms with Crippen molar-refractivity contribution in [3.05, 3.63) is 64.7 Å². The van der Waals surface area contributed by atoms with E-state index in [4.69, 9.17) is 0 Å². The normalized spacial score (nSPS) is 17.8. The summed E-state index contributed by atoms with van der Waals surface area (Å²) in [4.78, 5) is 29.1. The zero-order valence-electron chi connectivity index (χ0n) is 15.2. The van der Waals surface area contributed by atoms with Gasteiger partial charge in [-0.05, 0) is 51.5 Å². The van der Waals surface area contributed by atoms with E-state index in [1.807, 2.05) is 70.2 Å². The van der Waals surface area contributed by atoms with Gasteiger partial charge in [-0.25, -0.2) is 0 Å². The Balaban J connectivity index is 1.84. The number of carbonyl (C=O) groups is 2. The van der Waals surface area contributed by atoms with Gasteiger partial charge in [0.05, 0.1) is 0 Å². The molecule has 2 amide bonds. The summed E-state index contributed by atoms with van der Waals surface area (Å²) in [5.74, 6) is -0.109. The van der Waals surface area contributed by atoms with Crippen molar-refractivity contribution in [2.45, 2.75) is 33.7 Å². The molecule has 2 aromatic carbocycles. The first kappa shape index (κ1) is 17.2. The van der Waals surface area contributed by atoms with Crippen molar-refractivity contribution >= 4 is 17.5 Å². The van der Waals surface area contributed by atoms with Gasteiger partial charge in [-0.2, -0.15) is 0 Å². The Morgan fingerprint density at radius 3 is 2.32 bits per heavy atom. The predicted octanol–water partition coefficient (Wildman–Crippen LogP) is 3.49. The number of anilines is 1. The van der Waals surface area contributed by atoms with Crippen LogP contribution in [-0.4, -0.2) is 35.8 Å². The van der Waals surface area contributed by atoms with E-state index in [1.165, 1.54) is 0 Å². The molecule has 1 aliphatic heterocycles. The maximum absolute atomic E-state index is 12.9. The molecule has 1 heterocycles. The van der Waals surface area contributed by atoms with Crippen molar-refractivity contribution in [3.8, 4) is 0 Å². The third kappa shape index (κ3) is 3.43. The van der Waals surface area contributed by atoms with E-state index in [0.717, 1.165) is 22.4 Å². The number of piperazine rings is 1. The molecule has 1 atom stereocenters. The summed E-state index contributed by atoms with van der Waals surface area (Å²) < 4.78 is 0. The molecule has 4 nitrogen and oxygen atoms in total. The number of amides is 2. The van der Waals surface area contributed by atoms with Crippen LogP contribution in [0, 0.1) is 20.8 Å². The van der Waals surface area contributed by atoms with E-state index in [2.05, 4.69) is 0 Å². The molecule has 0 spiro atoms. The van der Waals surface area contributed by atoms with Crippen molar-refractivity contribution in [2.24, 2.45) is 0 Å². The molecule has 1 aliphatic rings. The van der Waals surface area contributed by atoms with Crippen LogP contribution in [0.25, 0.3) is 0 Å². The quantitative estimate of drug-likeness (QED) is 0.842. The van der Waals surface area contributed by atoms with Gasteiger partial charge in [0.15, 0.2) is 0 Å². The van der Waals surface area contributed by atoms with Gasteiger partial charge < -0.3 is 9.80 Å². The molecule has 3 rings (SSSR count). The number of carbonyl (C=O) groups excluding carboxylic acids is 2. The molecule has 2 aromatic rings. The third-order valence-electron chi connectivity index (χ3n) is 4.72. The highest BCUT2D eigenvalue weighted by Crippen LogP contribution is 2.24. The fourth-order valence-corrected chi connectivity index (χ4v) is 3.49. The number of para-hydroxylation sites is 1. The fourth-order valence-electron chi connectivity index (χ4n) is 3.49. The van der Waals surface area contributed by atoms with E-state index in [9.17, 15) is 9.59 Å². The summed E-state index contributed by atoms with van der Waals surface area (Å²) in [5, 5.41) is 0. The summed E-state index contributed by atoms with van der Waals surface area (Å²) >= 11 is 0. The van der Waals surface area contributed by atoms with Gasteiger partial charge in [0.2, 0.25) is 5.91 Å². The molecule has 0 bridgehead atoms. The van der Waals surface area contributed by atoms with Crippen molar-refractivity contribution in [3.63, 3.8) is 0 Å². The van der Waals surface area contributed by atoms with Gasteiger partial charge in [-0.3, -0.25) is 9.59 Å². The molecule has 0 aromatic heterocycles. The number of hydrogen-bond acceptors (Lipinski definition) is 2. The number of benzene rings is 2. The second-order valence-electron chi connectivity index (χ2n) is 6.95. The molecule has 0 aliphatic carbocycles. The van der Waals surface area contributed by atoms with Crippen LogP contribution in [0.4, 0.5) is 5.69 Å². The molecule has 0 unspecified atom stereocenters. The van der Waals surface area contributed by atoms with Crippen LogP contribution in [0.1, 0.15) is 34.0 Å². The Morgan fingerprint density at radius 1 is 1.04 bits per heavy atom. The molecular formula is C21H24N2O2. The smallest absolute Gasteiger partial charge is 0.254 e. The molecule has 0 saturated carbocycles. The van der Waals surface area contributed by atoms with Crippen molar-refractivity contribution in [1.29, 1.82) is 0 Å². The Labute approximate surface area is 149 Å². The largest absolute Gasteiger partial charge is 0.325 e. The number of nitrogens with zero attached hydrogens (tertiary/aromatic N) is 2. The van der Waals surface area contributed by atoms with E-state index in [1.54, 1.807) is 9.80 Å². The summed E-state index contributed by atoms with van der Waals surface area (Å²) in [5.41, 5.74) is 4.76. The van der Waals surface area contributed by atoms with Crippen LogP contribution in [0.15, 0.2) is 42.5 Å². The van der Waals surface area contributed by atoms with E-state index in [-0.39, 0.29) is 24.4 Å². The lowest BCUT2D eigenvalue weighted by Gasteiger charge is -2.40. The lowest BCUT2D eigenvalue weighted by molar-refractivity contribution is -0.121. The zero-order chi connectivity index (χ0) is 18.1. The van der Waals surface area contributed by atoms with E-state index in [0.29, 0.717) is 12.1 Å². The molecule has 1 saturated heterocycles. The first-order valence-electron chi connectivity index (χ1n) is 8.62. The summed E-state index contributed by atoms with van der Waals surface area (Å²) in [6.07, 6.45) is 0. The van der Waals surface area contributed by atoms with Crippen LogP contribution >= 0.6 is 0 Å². The minimum Gasteiger partial charge on any atom is -0.325 e. The molecule has 25 heavy (non-hydrogen) atoms. The summed E-state index contributed by atoms with van der Waals surface area (Å²) in [6, 6.07) is 13.6. The number of aryl methyl sites for hydroxylation is 3. The van der Waals surface area contributed by atoms with Gasteiger partial charge in [0, 0.05) is 23.8 Å². The second kappa shape index (κ2) is 6.71. The first-order valence-corrected chi connectivity index (χ1v) is 8.62. The predicted molar refractivity (Wildman–Crippen MR) is 99.9 cm³/mol. The number of rotatable bonds is 2. The monoisotopic (exact) mass is 336 g/mol. The zero-order valence-corrected chi connectivity index (χ0v) is 15.2.